The fourth-order valence-corrected chi connectivity index (χ4v) is 1.98. The van der Waals surface area contributed by atoms with Crippen LogP contribution in [0.1, 0.15) is 18.1 Å². The molecule has 0 aliphatic carbocycles. The molecule has 0 saturated heterocycles. The fourth-order valence-electron chi connectivity index (χ4n) is 1.43. The highest BCUT2D eigenvalue weighted by Crippen LogP contribution is 2.10. The van der Waals surface area contributed by atoms with Gasteiger partial charge in [-0.2, -0.15) is 0 Å². The Hall–Kier alpha value is -0.710. The molecule has 2 unspecified atom stereocenters. The van der Waals surface area contributed by atoms with E-state index in [9.17, 15) is 9.32 Å². The van der Waals surface area contributed by atoms with Crippen molar-refractivity contribution in [1.29, 1.82) is 0 Å². The van der Waals surface area contributed by atoms with Crippen molar-refractivity contribution >= 4 is 10.8 Å². The first-order valence-corrected chi connectivity index (χ1v) is 7.16. The molecule has 0 amide bonds. The molecule has 2 atom stereocenters. The summed E-state index contributed by atoms with van der Waals surface area (Å²) in [5.41, 5.74) is 0.925. The van der Waals surface area contributed by atoms with Crippen LogP contribution in [0.4, 0.5) is 0 Å². The molecule has 0 bridgehead atoms. The third-order valence-electron chi connectivity index (χ3n) is 2.31. The summed E-state index contributed by atoms with van der Waals surface area (Å²) in [6, 6.07) is 9.58. The maximum Gasteiger partial charge on any atom is 0.0914 e. The van der Waals surface area contributed by atoms with Gasteiger partial charge in [-0.3, -0.25) is 4.21 Å². The Kier molecular flexibility index (Phi) is 6.30. The van der Waals surface area contributed by atoms with Crippen LogP contribution in [0.3, 0.4) is 0 Å². The molecular formula is C12H19NO2S. The standard InChI is InChI=1S/C12H19NO2S/c1-16(15)9-5-8-13-10-12(14)11-6-3-2-4-7-11/h2-4,6-7,12-14H,5,8-10H2,1H3. The Morgan fingerprint density at radius 2 is 2.06 bits per heavy atom. The largest absolute Gasteiger partial charge is 0.387 e. The molecule has 0 aliphatic rings. The SMILES string of the molecule is CS(=O)CCCNCC(O)c1ccccc1. The predicted octanol–water partition coefficient (Wildman–Crippen LogP) is 1.08. The number of nitrogens with one attached hydrogen (secondary N) is 1. The van der Waals surface area contributed by atoms with Crippen LogP contribution < -0.4 is 5.32 Å². The van der Waals surface area contributed by atoms with E-state index in [1.54, 1.807) is 6.26 Å². The van der Waals surface area contributed by atoms with Gasteiger partial charge in [-0.05, 0) is 18.5 Å². The molecule has 0 aromatic heterocycles. The fraction of sp³-hybridized carbons (Fsp3) is 0.500. The van der Waals surface area contributed by atoms with Crippen LogP contribution in [0.15, 0.2) is 30.3 Å². The zero-order chi connectivity index (χ0) is 11.8. The van der Waals surface area contributed by atoms with Gasteiger partial charge in [-0.1, -0.05) is 30.3 Å². The van der Waals surface area contributed by atoms with Crippen molar-refractivity contribution in [1.82, 2.24) is 5.32 Å². The Morgan fingerprint density at radius 1 is 1.38 bits per heavy atom. The summed E-state index contributed by atoms with van der Waals surface area (Å²) in [5, 5.41) is 13.0. The molecule has 0 heterocycles. The topological polar surface area (TPSA) is 49.3 Å². The van der Waals surface area contributed by atoms with Crippen LogP contribution in [-0.2, 0) is 10.8 Å². The van der Waals surface area contributed by atoms with Gasteiger partial charge in [0.2, 0.25) is 0 Å². The lowest BCUT2D eigenvalue weighted by Crippen LogP contribution is -2.23. The molecule has 0 aliphatic heterocycles. The lowest BCUT2D eigenvalue weighted by Gasteiger charge is -2.11. The maximum absolute atomic E-state index is 10.8. The Balaban J connectivity index is 2.16. The summed E-state index contributed by atoms with van der Waals surface area (Å²) < 4.78 is 10.8. The monoisotopic (exact) mass is 241 g/mol. The van der Waals surface area contributed by atoms with Gasteiger partial charge in [0.25, 0.3) is 0 Å². The summed E-state index contributed by atoms with van der Waals surface area (Å²) in [6.45, 7) is 1.34. The number of aliphatic hydroxyl groups is 1. The molecule has 0 saturated carbocycles. The molecule has 90 valence electrons. The second-order valence-corrected chi connectivity index (χ2v) is 5.32. The summed E-state index contributed by atoms with van der Waals surface area (Å²) in [7, 11) is -0.718. The first kappa shape index (κ1) is 13.4. The van der Waals surface area contributed by atoms with Crippen LogP contribution in [0, 0.1) is 0 Å². The molecule has 16 heavy (non-hydrogen) atoms. The molecule has 4 heteroatoms. The smallest absolute Gasteiger partial charge is 0.0914 e. The molecule has 0 spiro atoms. The maximum atomic E-state index is 10.8. The van der Waals surface area contributed by atoms with Crippen molar-refractivity contribution < 1.29 is 9.32 Å². The van der Waals surface area contributed by atoms with Gasteiger partial charge in [0, 0.05) is 29.4 Å². The minimum atomic E-state index is -0.718. The van der Waals surface area contributed by atoms with Crippen LogP contribution in [0.25, 0.3) is 0 Å². The normalized spacial score (nSPS) is 14.6. The van der Waals surface area contributed by atoms with E-state index >= 15 is 0 Å². The molecule has 0 radical (unpaired) electrons. The molecule has 2 N–H and O–H groups in total. The first-order valence-electron chi connectivity index (χ1n) is 5.44. The van der Waals surface area contributed by atoms with Crippen molar-refractivity contribution in [3.63, 3.8) is 0 Å². The van der Waals surface area contributed by atoms with E-state index in [1.165, 1.54) is 0 Å². The van der Waals surface area contributed by atoms with Gasteiger partial charge in [0.1, 0.15) is 0 Å². The summed E-state index contributed by atoms with van der Waals surface area (Å²) in [4.78, 5) is 0. The van der Waals surface area contributed by atoms with Gasteiger partial charge in [-0.25, -0.2) is 0 Å². The van der Waals surface area contributed by atoms with Crippen molar-refractivity contribution in [2.75, 3.05) is 25.1 Å². The molecule has 1 rings (SSSR count). The number of rotatable bonds is 7. The quantitative estimate of drug-likeness (QED) is 0.702. The Labute approximate surface area is 99.3 Å². The van der Waals surface area contributed by atoms with E-state index in [1.807, 2.05) is 30.3 Å². The lowest BCUT2D eigenvalue weighted by molar-refractivity contribution is 0.175. The van der Waals surface area contributed by atoms with Gasteiger partial charge in [-0.15, -0.1) is 0 Å². The van der Waals surface area contributed by atoms with Crippen molar-refractivity contribution in [3.8, 4) is 0 Å². The summed E-state index contributed by atoms with van der Waals surface area (Å²) >= 11 is 0. The summed E-state index contributed by atoms with van der Waals surface area (Å²) in [6.07, 6.45) is 2.12. The van der Waals surface area contributed by atoms with Crippen LogP contribution >= 0.6 is 0 Å². The second kappa shape index (κ2) is 7.54. The van der Waals surface area contributed by atoms with E-state index in [0.29, 0.717) is 12.3 Å². The third kappa shape index (κ3) is 5.39. The van der Waals surface area contributed by atoms with E-state index < -0.39 is 16.9 Å². The van der Waals surface area contributed by atoms with E-state index in [0.717, 1.165) is 18.5 Å². The van der Waals surface area contributed by atoms with Crippen molar-refractivity contribution in [2.24, 2.45) is 0 Å². The highest BCUT2D eigenvalue weighted by Gasteiger charge is 2.05. The summed E-state index contributed by atoms with van der Waals surface area (Å²) in [5.74, 6) is 0.717. The van der Waals surface area contributed by atoms with Gasteiger partial charge >= 0.3 is 0 Å². The van der Waals surface area contributed by atoms with Crippen LogP contribution in [-0.4, -0.2) is 34.4 Å². The van der Waals surface area contributed by atoms with E-state index in [2.05, 4.69) is 5.32 Å². The molecule has 1 aromatic rings. The zero-order valence-electron chi connectivity index (χ0n) is 9.56. The van der Waals surface area contributed by atoms with E-state index in [-0.39, 0.29) is 0 Å². The van der Waals surface area contributed by atoms with Gasteiger partial charge in [0.15, 0.2) is 0 Å². The highest BCUT2D eigenvalue weighted by molar-refractivity contribution is 7.84. The first-order chi connectivity index (χ1) is 7.70. The Morgan fingerprint density at radius 3 is 2.69 bits per heavy atom. The molecule has 1 aromatic carbocycles. The van der Waals surface area contributed by atoms with Gasteiger partial charge in [0.05, 0.1) is 6.10 Å². The van der Waals surface area contributed by atoms with Crippen LogP contribution in [0.2, 0.25) is 0 Å². The number of hydrogen-bond donors (Lipinski definition) is 2. The van der Waals surface area contributed by atoms with Crippen molar-refractivity contribution in [3.05, 3.63) is 35.9 Å². The number of aliphatic hydroxyl groups excluding tert-OH is 1. The highest BCUT2D eigenvalue weighted by atomic mass is 32.2. The number of hydrogen-bond acceptors (Lipinski definition) is 3. The zero-order valence-corrected chi connectivity index (χ0v) is 10.4. The predicted molar refractivity (Wildman–Crippen MR) is 67.8 cm³/mol. The average molecular weight is 241 g/mol. The average Bonchev–Trinajstić information content (AvgIpc) is 2.29. The molecule has 0 fully saturated rings. The lowest BCUT2D eigenvalue weighted by atomic mass is 10.1. The Bertz CT molecular complexity index is 316. The van der Waals surface area contributed by atoms with Crippen LogP contribution in [0.5, 0.6) is 0 Å². The van der Waals surface area contributed by atoms with E-state index in [4.69, 9.17) is 0 Å². The number of benzene rings is 1. The minimum Gasteiger partial charge on any atom is -0.387 e. The molecule has 3 nitrogen and oxygen atoms in total. The third-order valence-corrected chi connectivity index (χ3v) is 3.17. The second-order valence-electron chi connectivity index (χ2n) is 3.76. The molecular weight excluding hydrogens is 222 g/mol. The van der Waals surface area contributed by atoms with Gasteiger partial charge < -0.3 is 10.4 Å². The van der Waals surface area contributed by atoms with Crippen molar-refractivity contribution in [2.45, 2.75) is 12.5 Å². The minimum absolute atomic E-state index is 0.465.